The molecule has 7 heteroatoms. The summed E-state index contributed by atoms with van der Waals surface area (Å²) in [5.41, 5.74) is 4.77. The van der Waals surface area contributed by atoms with Gasteiger partial charge in [-0.15, -0.1) is 11.3 Å². The number of carbonyl (C=O) groups excluding carboxylic acids is 2. The number of amides is 1. The molecule has 168 valence electrons. The van der Waals surface area contributed by atoms with Gasteiger partial charge in [0.05, 0.1) is 29.4 Å². The molecule has 0 atom stereocenters. The SMILES string of the molecule is CCc1c(C)sc(NC(=O)c2c(C)c(-c3cccc(Cl)c3)nc3ccccc23)c1C(=O)OC. The van der Waals surface area contributed by atoms with E-state index in [1.54, 1.807) is 6.07 Å². The number of esters is 1. The second-order valence-corrected chi connectivity index (χ2v) is 9.29. The molecule has 4 rings (SSSR count). The summed E-state index contributed by atoms with van der Waals surface area (Å²) in [7, 11) is 1.35. The minimum atomic E-state index is -0.456. The van der Waals surface area contributed by atoms with Crippen molar-refractivity contribution in [3.05, 3.63) is 80.7 Å². The van der Waals surface area contributed by atoms with Crippen molar-refractivity contribution < 1.29 is 14.3 Å². The lowest BCUT2D eigenvalue weighted by Crippen LogP contribution is -2.17. The molecule has 0 aliphatic rings. The first-order chi connectivity index (χ1) is 15.8. The van der Waals surface area contributed by atoms with E-state index < -0.39 is 5.97 Å². The van der Waals surface area contributed by atoms with E-state index in [1.165, 1.54) is 18.4 Å². The average Bonchev–Trinajstić information content (AvgIpc) is 3.12. The Morgan fingerprint density at radius 3 is 2.55 bits per heavy atom. The first kappa shape index (κ1) is 23.0. The van der Waals surface area contributed by atoms with E-state index in [2.05, 4.69) is 5.32 Å². The highest BCUT2D eigenvalue weighted by Gasteiger charge is 2.25. The van der Waals surface area contributed by atoms with E-state index in [1.807, 2.05) is 63.2 Å². The van der Waals surface area contributed by atoms with Gasteiger partial charge in [-0.25, -0.2) is 9.78 Å². The first-order valence-electron chi connectivity index (χ1n) is 10.5. The quantitative estimate of drug-likeness (QED) is 0.319. The van der Waals surface area contributed by atoms with Gasteiger partial charge in [0.15, 0.2) is 0 Å². The van der Waals surface area contributed by atoms with Gasteiger partial charge in [0.25, 0.3) is 5.91 Å². The number of pyridine rings is 1. The zero-order valence-electron chi connectivity index (χ0n) is 18.8. The fourth-order valence-corrected chi connectivity index (χ4v) is 5.41. The van der Waals surface area contributed by atoms with Gasteiger partial charge in [0.2, 0.25) is 0 Å². The number of halogens is 1. The number of nitrogens with one attached hydrogen (secondary N) is 1. The van der Waals surface area contributed by atoms with E-state index in [-0.39, 0.29) is 5.91 Å². The zero-order chi connectivity index (χ0) is 23.7. The maximum Gasteiger partial charge on any atom is 0.341 e. The van der Waals surface area contributed by atoms with Crippen molar-refractivity contribution in [1.82, 2.24) is 4.98 Å². The number of rotatable bonds is 5. The molecule has 1 amide bonds. The second kappa shape index (κ2) is 9.33. The molecule has 0 aliphatic heterocycles. The summed E-state index contributed by atoms with van der Waals surface area (Å²) in [4.78, 5) is 32.0. The highest BCUT2D eigenvalue weighted by Crippen LogP contribution is 2.36. The Morgan fingerprint density at radius 1 is 1.09 bits per heavy atom. The van der Waals surface area contributed by atoms with Crippen LogP contribution in [-0.4, -0.2) is 24.0 Å². The number of benzene rings is 2. The number of fused-ring (bicyclic) bond motifs is 1. The molecule has 2 aromatic carbocycles. The summed E-state index contributed by atoms with van der Waals surface area (Å²) in [5.74, 6) is -0.758. The third kappa shape index (κ3) is 4.24. The van der Waals surface area contributed by atoms with Crippen molar-refractivity contribution in [3.63, 3.8) is 0 Å². The Morgan fingerprint density at radius 2 is 1.85 bits per heavy atom. The van der Waals surface area contributed by atoms with Crippen LogP contribution in [-0.2, 0) is 11.2 Å². The van der Waals surface area contributed by atoms with Gasteiger partial charge in [0, 0.05) is 20.8 Å². The van der Waals surface area contributed by atoms with Gasteiger partial charge in [-0.2, -0.15) is 0 Å². The van der Waals surface area contributed by atoms with Crippen molar-refractivity contribution in [1.29, 1.82) is 0 Å². The fraction of sp³-hybridized carbons (Fsp3) is 0.192. The molecular weight excluding hydrogens is 456 g/mol. The van der Waals surface area contributed by atoms with Crippen LogP contribution in [0.2, 0.25) is 5.02 Å². The van der Waals surface area contributed by atoms with E-state index in [9.17, 15) is 9.59 Å². The number of para-hydroxylation sites is 1. The standard InChI is InChI=1S/C26H23ClN2O3S/c1-5-18-15(3)33-25(22(18)26(31)32-4)29-24(30)21-14(2)23(16-9-8-10-17(27)13-16)28-20-12-7-6-11-19(20)21/h6-13H,5H2,1-4H3,(H,29,30). The molecule has 0 radical (unpaired) electrons. The molecule has 33 heavy (non-hydrogen) atoms. The Hall–Kier alpha value is -3.22. The largest absolute Gasteiger partial charge is 0.465 e. The molecule has 0 aliphatic carbocycles. The van der Waals surface area contributed by atoms with E-state index in [4.69, 9.17) is 21.3 Å². The summed E-state index contributed by atoms with van der Waals surface area (Å²) >= 11 is 7.60. The lowest BCUT2D eigenvalue weighted by molar-refractivity contribution is 0.0601. The van der Waals surface area contributed by atoms with Crippen molar-refractivity contribution >= 4 is 50.7 Å². The van der Waals surface area contributed by atoms with Crippen LogP contribution >= 0.6 is 22.9 Å². The fourth-order valence-electron chi connectivity index (χ4n) is 4.09. The highest BCUT2D eigenvalue weighted by molar-refractivity contribution is 7.16. The molecular formula is C26H23ClN2O3S. The highest BCUT2D eigenvalue weighted by atomic mass is 35.5. The van der Waals surface area contributed by atoms with Crippen molar-refractivity contribution in [2.24, 2.45) is 0 Å². The van der Waals surface area contributed by atoms with Gasteiger partial charge < -0.3 is 10.1 Å². The second-order valence-electron chi connectivity index (χ2n) is 7.63. The van der Waals surface area contributed by atoms with E-state index >= 15 is 0 Å². The number of nitrogens with zero attached hydrogens (tertiary/aromatic N) is 1. The third-order valence-corrected chi connectivity index (χ3v) is 6.94. The number of aromatic nitrogens is 1. The number of thiophene rings is 1. The summed E-state index contributed by atoms with van der Waals surface area (Å²) in [6.07, 6.45) is 0.665. The predicted molar refractivity (Wildman–Crippen MR) is 135 cm³/mol. The van der Waals surface area contributed by atoms with Crippen molar-refractivity contribution in [2.75, 3.05) is 12.4 Å². The molecule has 0 fully saturated rings. The van der Waals surface area contributed by atoms with Crippen LogP contribution in [0.5, 0.6) is 0 Å². The monoisotopic (exact) mass is 478 g/mol. The number of carbonyl (C=O) groups is 2. The molecule has 0 unspecified atom stereocenters. The molecule has 2 aromatic heterocycles. The van der Waals surface area contributed by atoms with Crippen molar-refractivity contribution in [2.45, 2.75) is 27.2 Å². The Labute approximate surface area is 201 Å². The molecule has 1 N–H and O–H groups in total. The number of ether oxygens (including phenoxy) is 1. The van der Waals surface area contributed by atoms with Crippen LogP contribution in [0.4, 0.5) is 5.00 Å². The summed E-state index contributed by atoms with van der Waals surface area (Å²) in [6, 6.07) is 14.9. The Balaban J connectivity index is 1.88. The van der Waals surface area contributed by atoms with Crippen LogP contribution in [0.25, 0.3) is 22.2 Å². The minimum absolute atomic E-state index is 0.302. The maximum absolute atomic E-state index is 13.7. The summed E-state index contributed by atoms with van der Waals surface area (Å²) in [6.45, 7) is 5.80. The number of anilines is 1. The normalized spacial score (nSPS) is 10.9. The summed E-state index contributed by atoms with van der Waals surface area (Å²) in [5, 5.41) is 4.81. The van der Waals surface area contributed by atoms with Gasteiger partial charge in [-0.1, -0.05) is 48.9 Å². The lowest BCUT2D eigenvalue weighted by atomic mass is 9.97. The molecule has 5 nitrogen and oxygen atoms in total. The molecule has 0 bridgehead atoms. The number of methoxy groups -OCH3 is 1. The number of aryl methyl sites for hydroxylation is 1. The molecule has 0 saturated heterocycles. The van der Waals surface area contributed by atoms with Crippen LogP contribution < -0.4 is 5.32 Å². The zero-order valence-corrected chi connectivity index (χ0v) is 20.4. The van der Waals surface area contributed by atoms with Gasteiger partial charge in [-0.3, -0.25) is 4.79 Å². The van der Waals surface area contributed by atoms with Crippen LogP contribution in [0, 0.1) is 13.8 Å². The molecule has 2 heterocycles. The smallest absolute Gasteiger partial charge is 0.341 e. The topological polar surface area (TPSA) is 68.3 Å². The minimum Gasteiger partial charge on any atom is -0.465 e. The predicted octanol–water partition coefficient (Wildman–Crippen LogP) is 6.83. The van der Waals surface area contributed by atoms with E-state index in [0.29, 0.717) is 38.8 Å². The van der Waals surface area contributed by atoms with E-state index in [0.717, 1.165) is 27.0 Å². The van der Waals surface area contributed by atoms with Crippen LogP contribution in [0.15, 0.2) is 48.5 Å². The average molecular weight is 479 g/mol. The molecule has 4 aromatic rings. The van der Waals surface area contributed by atoms with Gasteiger partial charge >= 0.3 is 5.97 Å². The Kier molecular flexibility index (Phi) is 6.49. The third-order valence-electron chi connectivity index (χ3n) is 5.64. The van der Waals surface area contributed by atoms with Gasteiger partial charge in [-0.05, 0) is 49.6 Å². The first-order valence-corrected chi connectivity index (χ1v) is 11.7. The lowest BCUT2D eigenvalue weighted by Gasteiger charge is -2.15. The maximum atomic E-state index is 13.7. The number of hydrogen-bond donors (Lipinski definition) is 1. The molecule has 0 spiro atoms. The van der Waals surface area contributed by atoms with Crippen LogP contribution in [0.3, 0.4) is 0 Å². The van der Waals surface area contributed by atoms with Crippen molar-refractivity contribution in [3.8, 4) is 11.3 Å². The Bertz CT molecular complexity index is 1390. The number of hydrogen-bond acceptors (Lipinski definition) is 5. The van der Waals surface area contributed by atoms with Gasteiger partial charge in [0.1, 0.15) is 5.00 Å². The summed E-state index contributed by atoms with van der Waals surface area (Å²) < 4.78 is 5.00. The van der Waals surface area contributed by atoms with Crippen LogP contribution in [0.1, 0.15) is 43.6 Å². The molecule has 0 saturated carbocycles.